The molecular formula is C8H4BrClS2. The zero-order chi connectivity index (χ0) is 8.72. The number of halogens is 2. The number of thiophene rings is 1. The molecule has 4 heteroatoms. The number of hydrogen-bond donors (Lipinski definition) is 1. The van der Waals surface area contributed by atoms with Crippen molar-refractivity contribution in [1.82, 2.24) is 0 Å². The lowest BCUT2D eigenvalue weighted by Crippen LogP contribution is -1.65. The summed E-state index contributed by atoms with van der Waals surface area (Å²) in [6.07, 6.45) is 0. The molecular weight excluding hydrogens is 276 g/mol. The lowest BCUT2D eigenvalue weighted by Gasteiger charge is -1.91. The van der Waals surface area contributed by atoms with Gasteiger partial charge in [0.25, 0.3) is 0 Å². The number of fused-ring (bicyclic) bond motifs is 1. The van der Waals surface area contributed by atoms with Gasteiger partial charge in [-0.3, -0.25) is 0 Å². The minimum Gasteiger partial charge on any atom is -0.143 e. The molecule has 0 nitrogen and oxygen atoms in total. The average Bonchev–Trinajstić information content (AvgIpc) is 2.31. The molecule has 0 saturated carbocycles. The fourth-order valence-electron chi connectivity index (χ4n) is 1.03. The third-order valence-electron chi connectivity index (χ3n) is 1.57. The maximum atomic E-state index is 5.95. The Labute approximate surface area is 93.1 Å². The van der Waals surface area contributed by atoms with E-state index in [4.69, 9.17) is 11.6 Å². The lowest BCUT2D eigenvalue weighted by molar-refractivity contribution is 1.54. The van der Waals surface area contributed by atoms with E-state index < -0.39 is 0 Å². The van der Waals surface area contributed by atoms with Gasteiger partial charge in [0.1, 0.15) is 4.34 Å². The molecule has 1 aromatic heterocycles. The van der Waals surface area contributed by atoms with Gasteiger partial charge in [0.2, 0.25) is 0 Å². The number of rotatable bonds is 0. The Morgan fingerprint density at radius 1 is 1.42 bits per heavy atom. The second-order valence-electron chi connectivity index (χ2n) is 2.37. The summed E-state index contributed by atoms with van der Waals surface area (Å²) in [5.41, 5.74) is 0. The Morgan fingerprint density at radius 3 is 2.92 bits per heavy atom. The van der Waals surface area contributed by atoms with E-state index in [2.05, 4.69) is 28.6 Å². The van der Waals surface area contributed by atoms with Crippen LogP contribution in [0.5, 0.6) is 0 Å². The second-order valence-corrected chi connectivity index (χ2v) is 5.33. The van der Waals surface area contributed by atoms with Crippen molar-refractivity contribution in [2.75, 3.05) is 0 Å². The summed E-state index contributed by atoms with van der Waals surface area (Å²) in [6, 6.07) is 5.99. The first-order valence-corrected chi connectivity index (χ1v) is 5.68. The quantitative estimate of drug-likeness (QED) is 0.669. The van der Waals surface area contributed by atoms with E-state index >= 15 is 0 Å². The highest BCUT2D eigenvalue weighted by Crippen LogP contribution is 2.39. The molecule has 1 aromatic carbocycles. The molecule has 0 aliphatic heterocycles. The number of thiol groups is 1. The van der Waals surface area contributed by atoms with E-state index in [9.17, 15) is 0 Å². The van der Waals surface area contributed by atoms with Crippen molar-refractivity contribution in [1.29, 1.82) is 0 Å². The molecule has 0 radical (unpaired) electrons. The van der Waals surface area contributed by atoms with Crippen molar-refractivity contribution in [3.8, 4) is 0 Å². The van der Waals surface area contributed by atoms with Gasteiger partial charge in [-0.15, -0.1) is 24.0 Å². The van der Waals surface area contributed by atoms with Gasteiger partial charge in [-0.25, -0.2) is 0 Å². The van der Waals surface area contributed by atoms with E-state index in [0.717, 1.165) is 19.1 Å². The van der Waals surface area contributed by atoms with E-state index in [0.29, 0.717) is 0 Å². The summed E-state index contributed by atoms with van der Waals surface area (Å²) in [5.74, 6) is 0. The molecule has 0 atom stereocenters. The molecule has 62 valence electrons. The first-order valence-electron chi connectivity index (χ1n) is 3.25. The molecule has 1 heterocycles. The van der Waals surface area contributed by atoms with Gasteiger partial charge in [-0.1, -0.05) is 11.6 Å². The molecule has 0 amide bonds. The molecule has 2 rings (SSSR count). The van der Waals surface area contributed by atoms with Crippen LogP contribution < -0.4 is 0 Å². The summed E-state index contributed by atoms with van der Waals surface area (Å²) in [4.78, 5) is 0.956. The maximum absolute atomic E-state index is 5.95. The van der Waals surface area contributed by atoms with Crippen LogP contribution >= 0.6 is 51.5 Å². The normalized spacial score (nSPS) is 10.9. The van der Waals surface area contributed by atoms with E-state index in [1.807, 2.05) is 18.2 Å². The average molecular weight is 280 g/mol. The SMILES string of the molecule is Sc1ccc2sc(Cl)c(Br)c2c1. The molecule has 12 heavy (non-hydrogen) atoms. The van der Waals surface area contributed by atoms with E-state index in [1.54, 1.807) is 11.3 Å². The van der Waals surface area contributed by atoms with Gasteiger partial charge >= 0.3 is 0 Å². The molecule has 0 aliphatic carbocycles. The van der Waals surface area contributed by atoms with Gasteiger partial charge in [0.05, 0.1) is 4.47 Å². The molecule has 0 N–H and O–H groups in total. The van der Waals surface area contributed by atoms with Crippen LogP contribution in [0.1, 0.15) is 0 Å². The monoisotopic (exact) mass is 278 g/mol. The summed E-state index contributed by atoms with van der Waals surface area (Å²) >= 11 is 15.2. The molecule has 0 bridgehead atoms. The van der Waals surface area contributed by atoms with Crippen molar-refractivity contribution in [2.45, 2.75) is 4.90 Å². The summed E-state index contributed by atoms with van der Waals surface area (Å²) in [7, 11) is 0. The van der Waals surface area contributed by atoms with Crippen LogP contribution in [0.4, 0.5) is 0 Å². The van der Waals surface area contributed by atoms with Gasteiger partial charge in [0, 0.05) is 15.0 Å². The van der Waals surface area contributed by atoms with Crippen LogP contribution in [-0.4, -0.2) is 0 Å². The fourth-order valence-corrected chi connectivity index (χ4v) is 3.08. The third-order valence-corrected chi connectivity index (χ3v) is 4.54. The lowest BCUT2D eigenvalue weighted by atomic mass is 10.3. The van der Waals surface area contributed by atoms with Crippen LogP contribution in [0.25, 0.3) is 10.1 Å². The Morgan fingerprint density at radius 2 is 2.17 bits per heavy atom. The first kappa shape index (κ1) is 8.88. The Balaban J connectivity index is 2.88. The smallest absolute Gasteiger partial charge is 0.108 e. The van der Waals surface area contributed by atoms with Crippen LogP contribution in [-0.2, 0) is 0 Å². The molecule has 0 unspecified atom stereocenters. The number of benzene rings is 1. The van der Waals surface area contributed by atoms with Crippen LogP contribution in [0.2, 0.25) is 4.34 Å². The largest absolute Gasteiger partial charge is 0.143 e. The number of hydrogen-bond acceptors (Lipinski definition) is 2. The van der Waals surface area contributed by atoms with Gasteiger partial charge in [-0.2, -0.15) is 0 Å². The summed E-state index contributed by atoms with van der Waals surface area (Å²) in [6.45, 7) is 0. The minimum absolute atomic E-state index is 0.795. The van der Waals surface area contributed by atoms with Gasteiger partial charge in [0.15, 0.2) is 0 Å². The Bertz CT molecular complexity index is 436. The highest BCUT2D eigenvalue weighted by Gasteiger charge is 2.06. The molecule has 0 fully saturated rings. The van der Waals surface area contributed by atoms with Crippen LogP contribution in [0, 0.1) is 0 Å². The molecule has 0 spiro atoms. The van der Waals surface area contributed by atoms with Crippen molar-refractivity contribution in [2.24, 2.45) is 0 Å². The molecule has 0 saturated heterocycles. The molecule has 0 aliphatic rings. The zero-order valence-corrected chi connectivity index (χ0v) is 9.90. The standard InChI is InChI=1S/C8H4BrClS2/c9-7-5-3-4(11)1-2-6(5)12-8(7)10/h1-3,11H. The minimum atomic E-state index is 0.795. The zero-order valence-electron chi connectivity index (χ0n) is 5.84. The van der Waals surface area contributed by atoms with Crippen LogP contribution in [0.15, 0.2) is 27.6 Å². The second kappa shape index (κ2) is 3.22. The highest BCUT2D eigenvalue weighted by atomic mass is 79.9. The van der Waals surface area contributed by atoms with Gasteiger partial charge in [-0.05, 0) is 34.1 Å². The van der Waals surface area contributed by atoms with E-state index in [-0.39, 0.29) is 0 Å². The highest BCUT2D eigenvalue weighted by molar-refractivity contribution is 9.10. The topological polar surface area (TPSA) is 0 Å². The fraction of sp³-hybridized carbons (Fsp3) is 0. The van der Waals surface area contributed by atoms with Crippen molar-refractivity contribution < 1.29 is 0 Å². The van der Waals surface area contributed by atoms with Crippen molar-refractivity contribution in [3.05, 3.63) is 27.0 Å². The Hall–Kier alpha value is 0.300. The van der Waals surface area contributed by atoms with E-state index in [1.165, 1.54) is 4.70 Å². The predicted molar refractivity (Wildman–Crippen MR) is 61.8 cm³/mol. The van der Waals surface area contributed by atoms with Crippen molar-refractivity contribution in [3.63, 3.8) is 0 Å². The summed E-state index contributed by atoms with van der Waals surface area (Å²) < 4.78 is 2.95. The Kier molecular flexibility index (Phi) is 2.38. The summed E-state index contributed by atoms with van der Waals surface area (Å²) in [5, 5.41) is 1.14. The maximum Gasteiger partial charge on any atom is 0.108 e. The first-order chi connectivity index (χ1) is 5.68. The molecule has 2 aromatic rings. The predicted octanol–water partition coefficient (Wildman–Crippen LogP) is 4.61. The van der Waals surface area contributed by atoms with Crippen LogP contribution in [0.3, 0.4) is 0 Å². The van der Waals surface area contributed by atoms with Crippen molar-refractivity contribution >= 4 is 61.6 Å². The third kappa shape index (κ3) is 1.39. The van der Waals surface area contributed by atoms with Gasteiger partial charge < -0.3 is 0 Å².